The molecule has 0 aliphatic heterocycles. The molecule has 0 spiro atoms. The Morgan fingerprint density at radius 2 is 1.97 bits per heavy atom. The van der Waals surface area contributed by atoms with Crippen LogP contribution >= 0.6 is 11.8 Å². The maximum atomic E-state index is 13.3. The van der Waals surface area contributed by atoms with E-state index < -0.39 is 0 Å². The Labute approximate surface area is 174 Å². The van der Waals surface area contributed by atoms with Crippen LogP contribution < -0.4 is 5.32 Å². The lowest BCUT2D eigenvalue weighted by Gasteiger charge is -2.10. The van der Waals surface area contributed by atoms with Crippen LogP contribution in [-0.2, 0) is 9.53 Å². The zero-order valence-electron chi connectivity index (χ0n) is 16.6. The topological polar surface area (TPSA) is 64.1 Å². The van der Waals surface area contributed by atoms with E-state index in [1.54, 1.807) is 12.1 Å². The molecule has 1 amide bonds. The first-order chi connectivity index (χ1) is 14.1. The van der Waals surface area contributed by atoms with Crippen molar-refractivity contribution in [1.82, 2.24) is 15.3 Å². The summed E-state index contributed by atoms with van der Waals surface area (Å²) in [5.41, 5.74) is 2.62. The van der Waals surface area contributed by atoms with Crippen LogP contribution in [0.25, 0.3) is 22.3 Å². The molecule has 29 heavy (non-hydrogen) atoms. The van der Waals surface area contributed by atoms with Gasteiger partial charge in [-0.05, 0) is 56.7 Å². The van der Waals surface area contributed by atoms with Gasteiger partial charge >= 0.3 is 0 Å². The second-order valence-corrected chi connectivity index (χ2v) is 7.53. The lowest BCUT2D eigenvalue weighted by Crippen LogP contribution is -2.26. The molecule has 2 aromatic carbocycles. The van der Waals surface area contributed by atoms with Crippen LogP contribution in [0.4, 0.5) is 4.39 Å². The largest absolute Gasteiger partial charge is 0.382 e. The minimum atomic E-state index is -0.305. The van der Waals surface area contributed by atoms with Crippen molar-refractivity contribution in [2.75, 3.05) is 25.5 Å². The molecule has 1 aromatic heterocycles. The molecule has 3 aromatic rings. The molecule has 0 unspecified atom stereocenters. The number of aryl methyl sites for hydroxylation is 1. The smallest absolute Gasteiger partial charge is 0.230 e. The Kier molecular flexibility index (Phi) is 7.55. The Balaban J connectivity index is 1.77. The molecule has 0 bridgehead atoms. The number of aromatic nitrogens is 2. The summed E-state index contributed by atoms with van der Waals surface area (Å²) in [4.78, 5) is 21.5. The first-order valence-corrected chi connectivity index (χ1v) is 10.6. The molecule has 0 fully saturated rings. The van der Waals surface area contributed by atoms with Gasteiger partial charge in [0, 0.05) is 30.7 Å². The van der Waals surface area contributed by atoms with E-state index in [1.165, 1.54) is 23.9 Å². The lowest BCUT2D eigenvalue weighted by molar-refractivity contribution is -0.118. The number of carbonyl (C=O) groups is 1. The maximum absolute atomic E-state index is 13.3. The summed E-state index contributed by atoms with van der Waals surface area (Å²) < 4.78 is 18.5. The Morgan fingerprint density at radius 3 is 2.72 bits per heavy atom. The molecule has 0 aliphatic carbocycles. The van der Waals surface area contributed by atoms with Crippen molar-refractivity contribution in [1.29, 1.82) is 0 Å². The third kappa shape index (κ3) is 5.98. The number of carbonyl (C=O) groups excluding carboxylic acids is 1. The predicted molar refractivity (Wildman–Crippen MR) is 115 cm³/mol. The Hall–Kier alpha value is -2.51. The number of benzene rings is 2. The molecule has 7 heteroatoms. The van der Waals surface area contributed by atoms with Crippen molar-refractivity contribution in [3.63, 3.8) is 0 Å². The molecular formula is C22H24FN3O2S. The summed E-state index contributed by atoms with van der Waals surface area (Å²) in [5.74, 6) is 0.424. The molecular weight excluding hydrogens is 389 g/mol. The van der Waals surface area contributed by atoms with Crippen molar-refractivity contribution in [3.05, 3.63) is 53.8 Å². The Bertz CT molecular complexity index is 980. The van der Waals surface area contributed by atoms with Gasteiger partial charge in [0.25, 0.3) is 0 Å². The first kappa shape index (κ1) is 21.2. The second-order valence-electron chi connectivity index (χ2n) is 6.57. The van der Waals surface area contributed by atoms with Gasteiger partial charge in [-0.1, -0.05) is 23.4 Å². The maximum Gasteiger partial charge on any atom is 0.230 e. The van der Waals surface area contributed by atoms with Crippen LogP contribution in [0, 0.1) is 12.7 Å². The third-order valence-corrected chi connectivity index (χ3v) is 5.24. The number of ether oxygens (including phenoxy) is 1. The normalized spacial score (nSPS) is 11.0. The summed E-state index contributed by atoms with van der Waals surface area (Å²) in [7, 11) is 0. The van der Waals surface area contributed by atoms with Crippen molar-refractivity contribution in [3.8, 4) is 11.4 Å². The Morgan fingerprint density at radius 1 is 1.17 bits per heavy atom. The number of hydrogen-bond acceptors (Lipinski definition) is 5. The van der Waals surface area contributed by atoms with E-state index >= 15 is 0 Å². The molecule has 0 atom stereocenters. The standard InChI is InChI=1S/C22H24FN3O2S/c1-3-28-12-4-11-24-20(27)14-29-22-18-13-15(2)5-10-19(18)25-21(26-22)16-6-8-17(23)9-7-16/h5-10,13H,3-4,11-12,14H2,1-2H3,(H,24,27). The molecule has 0 saturated heterocycles. The third-order valence-electron chi connectivity index (χ3n) is 4.25. The van der Waals surface area contributed by atoms with Crippen LogP contribution in [0.15, 0.2) is 47.5 Å². The first-order valence-electron chi connectivity index (χ1n) is 9.58. The highest BCUT2D eigenvalue weighted by atomic mass is 32.2. The number of halogens is 1. The van der Waals surface area contributed by atoms with Gasteiger partial charge in [-0.25, -0.2) is 14.4 Å². The highest BCUT2D eigenvalue weighted by Gasteiger charge is 2.12. The molecule has 0 saturated carbocycles. The van der Waals surface area contributed by atoms with Gasteiger partial charge < -0.3 is 10.1 Å². The van der Waals surface area contributed by atoms with Crippen molar-refractivity contribution < 1.29 is 13.9 Å². The van der Waals surface area contributed by atoms with E-state index in [0.717, 1.165) is 33.5 Å². The minimum Gasteiger partial charge on any atom is -0.382 e. The molecule has 0 aliphatic rings. The van der Waals surface area contributed by atoms with E-state index in [-0.39, 0.29) is 17.5 Å². The zero-order valence-corrected chi connectivity index (χ0v) is 17.4. The van der Waals surface area contributed by atoms with Crippen LogP contribution in [0.3, 0.4) is 0 Å². The van der Waals surface area contributed by atoms with Gasteiger partial charge in [-0.2, -0.15) is 0 Å². The monoisotopic (exact) mass is 413 g/mol. The zero-order chi connectivity index (χ0) is 20.6. The van der Waals surface area contributed by atoms with Gasteiger partial charge in [-0.15, -0.1) is 0 Å². The summed E-state index contributed by atoms with van der Waals surface area (Å²) in [5, 5.41) is 4.54. The number of fused-ring (bicyclic) bond motifs is 1. The number of rotatable bonds is 9. The fourth-order valence-corrected chi connectivity index (χ4v) is 3.62. The fourth-order valence-electron chi connectivity index (χ4n) is 2.78. The van der Waals surface area contributed by atoms with Crippen LogP contribution in [-0.4, -0.2) is 41.4 Å². The van der Waals surface area contributed by atoms with Crippen LogP contribution in [0.2, 0.25) is 0 Å². The van der Waals surface area contributed by atoms with Gasteiger partial charge in [0.05, 0.1) is 11.3 Å². The molecule has 1 heterocycles. The predicted octanol–water partition coefficient (Wildman–Crippen LogP) is 4.38. The van der Waals surface area contributed by atoms with Gasteiger partial charge in [-0.3, -0.25) is 4.79 Å². The van der Waals surface area contributed by atoms with Crippen molar-refractivity contribution >= 4 is 28.6 Å². The van der Waals surface area contributed by atoms with Crippen molar-refractivity contribution in [2.24, 2.45) is 0 Å². The fraction of sp³-hybridized carbons (Fsp3) is 0.318. The highest BCUT2D eigenvalue weighted by Crippen LogP contribution is 2.29. The number of amides is 1. The van der Waals surface area contributed by atoms with Crippen LogP contribution in [0.1, 0.15) is 18.9 Å². The van der Waals surface area contributed by atoms with E-state index in [2.05, 4.69) is 15.3 Å². The molecule has 152 valence electrons. The van der Waals surface area contributed by atoms with E-state index in [1.807, 2.05) is 32.0 Å². The number of hydrogen-bond donors (Lipinski definition) is 1. The van der Waals surface area contributed by atoms with Crippen LogP contribution in [0.5, 0.6) is 0 Å². The molecule has 0 radical (unpaired) electrons. The number of nitrogens with zero attached hydrogens (tertiary/aromatic N) is 2. The van der Waals surface area contributed by atoms with E-state index in [9.17, 15) is 9.18 Å². The average molecular weight is 414 g/mol. The SMILES string of the molecule is CCOCCCNC(=O)CSc1nc(-c2ccc(F)cc2)nc2ccc(C)cc12. The van der Waals surface area contributed by atoms with Crippen molar-refractivity contribution in [2.45, 2.75) is 25.3 Å². The molecule has 1 N–H and O–H groups in total. The van der Waals surface area contributed by atoms with E-state index in [0.29, 0.717) is 25.6 Å². The average Bonchev–Trinajstić information content (AvgIpc) is 2.72. The second kappa shape index (κ2) is 10.3. The minimum absolute atomic E-state index is 0.0470. The summed E-state index contributed by atoms with van der Waals surface area (Å²) >= 11 is 1.38. The number of nitrogens with one attached hydrogen (secondary N) is 1. The highest BCUT2D eigenvalue weighted by molar-refractivity contribution is 8.00. The van der Waals surface area contributed by atoms with Gasteiger partial charge in [0.1, 0.15) is 10.8 Å². The number of thioether (sulfide) groups is 1. The molecule has 3 rings (SSSR count). The van der Waals surface area contributed by atoms with Gasteiger partial charge in [0.15, 0.2) is 5.82 Å². The summed E-state index contributed by atoms with van der Waals surface area (Å²) in [6, 6.07) is 12.0. The van der Waals surface area contributed by atoms with Gasteiger partial charge in [0.2, 0.25) is 5.91 Å². The van der Waals surface area contributed by atoms with E-state index in [4.69, 9.17) is 4.74 Å². The quantitative estimate of drug-likeness (QED) is 0.320. The lowest BCUT2D eigenvalue weighted by atomic mass is 10.1. The summed E-state index contributed by atoms with van der Waals surface area (Å²) in [6.45, 7) is 5.86. The molecule has 5 nitrogen and oxygen atoms in total. The summed E-state index contributed by atoms with van der Waals surface area (Å²) in [6.07, 6.45) is 0.786.